The zero-order valence-corrected chi connectivity index (χ0v) is 9.70. The molecular weight excluding hydrogens is 194 g/mol. The van der Waals surface area contributed by atoms with E-state index < -0.39 is 0 Å². The first-order valence-electron chi connectivity index (χ1n) is 5.60. The third-order valence-electron chi connectivity index (χ3n) is 3.34. The van der Waals surface area contributed by atoms with Crippen LogP contribution in [-0.4, -0.2) is 0 Å². The second kappa shape index (κ2) is 3.98. The van der Waals surface area contributed by atoms with E-state index >= 15 is 0 Å². The predicted molar refractivity (Wildman–Crippen MR) is 67.2 cm³/mol. The van der Waals surface area contributed by atoms with Crippen molar-refractivity contribution in [2.45, 2.75) is 25.7 Å². The Labute approximate surface area is 96.3 Å². The Hall–Kier alpha value is -1.81. The summed E-state index contributed by atoms with van der Waals surface area (Å²) in [6, 6.07) is 16.9. The normalized spacial score (nSPS) is 14.3. The first-order chi connectivity index (χ1) is 7.69. The van der Waals surface area contributed by atoms with E-state index in [-0.39, 0.29) is 5.41 Å². The van der Waals surface area contributed by atoms with Crippen molar-refractivity contribution in [2.24, 2.45) is 0 Å². The largest absolute Gasteiger partial charge is 0.197 e. The second-order valence-corrected chi connectivity index (χ2v) is 4.36. The highest BCUT2D eigenvalue weighted by atomic mass is 14.3. The van der Waals surface area contributed by atoms with Crippen LogP contribution in [0.25, 0.3) is 10.8 Å². The third-order valence-corrected chi connectivity index (χ3v) is 3.34. The minimum atomic E-state index is -0.371. The van der Waals surface area contributed by atoms with Gasteiger partial charge in [-0.25, -0.2) is 0 Å². The molecule has 0 aliphatic rings. The molecule has 2 aromatic rings. The van der Waals surface area contributed by atoms with Gasteiger partial charge in [0.05, 0.1) is 11.5 Å². The molecule has 1 heteroatoms. The van der Waals surface area contributed by atoms with Crippen molar-refractivity contribution in [3.05, 3.63) is 48.0 Å². The molecular formula is C15H15N. The van der Waals surface area contributed by atoms with E-state index in [1.54, 1.807) is 0 Å². The minimum Gasteiger partial charge on any atom is -0.197 e. The molecule has 80 valence electrons. The molecule has 0 aromatic heterocycles. The fourth-order valence-corrected chi connectivity index (χ4v) is 1.88. The highest BCUT2D eigenvalue weighted by Gasteiger charge is 2.23. The van der Waals surface area contributed by atoms with Crippen LogP contribution in [0.15, 0.2) is 42.5 Å². The van der Waals surface area contributed by atoms with Gasteiger partial charge in [-0.2, -0.15) is 5.26 Å². The number of hydrogen-bond acceptors (Lipinski definition) is 1. The van der Waals surface area contributed by atoms with Crippen LogP contribution >= 0.6 is 0 Å². The summed E-state index contributed by atoms with van der Waals surface area (Å²) in [6.45, 7) is 4.05. The molecule has 0 amide bonds. The van der Waals surface area contributed by atoms with Gasteiger partial charge in [0.1, 0.15) is 0 Å². The van der Waals surface area contributed by atoms with Gasteiger partial charge in [0.2, 0.25) is 0 Å². The van der Waals surface area contributed by atoms with Gasteiger partial charge in [0.25, 0.3) is 0 Å². The van der Waals surface area contributed by atoms with Crippen molar-refractivity contribution in [3.63, 3.8) is 0 Å². The summed E-state index contributed by atoms with van der Waals surface area (Å²) >= 11 is 0. The van der Waals surface area contributed by atoms with Crippen LogP contribution < -0.4 is 0 Å². The summed E-state index contributed by atoms with van der Waals surface area (Å²) in [6.07, 6.45) is 0.835. The number of hydrogen-bond donors (Lipinski definition) is 0. The summed E-state index contributed by atoms with van der Waals surface area (Å²) in [5.74, 6) is 0. The van der Waals surface area contributed by atoms with Gasteiger partial charge in [0.15, 0.2) is 0 Å². The molecule has 16 heavy (non-hydrogen) atoms. The van der Waals surface area contributed by atoms with Crippen molar-refractivity contribution in [1.29, 1.82) is 5.26 Å². The number of nitriles is 1. The number of nitrogens with zero attached hydrogens (tertiary/aromatic N) is 1. The Bertz CT molecular complexity index is 551. The van der Waals surface area contributed by atoms with Crippen molar-refractivity contribution in [3.8, 4) is 6.07 Å². The lowest BCUT2D eigenvalue weighted by Crippen LogP contribution is -2.17. The van der Waals surface area contributed by atoms with Gasteiger partial charge in [-0.3, -0.25) is 0 Å². The molecule has 0 N–H and O–H groups in total. The van der Waals surface area contributed by atoms with E-state index in [0.29, 0.717) is 0 Å². The molecule has 0 fully saturated rings. The van der Waals surface area contributed by atoms with Crippen LogP contribution in [0.2, 0.25) is 0 Å². The second-order valence-electron chi connectivity index (χ2n) is 4.36. The Morgan fingerprint density at radius 2 is 1.81 bits per heavy atom. The van der Waals surface area contributed by atoms with Gasteiger partial charge >= 0.3 is 0 Å². The van der Waals surface area contributed by atoms with E-state index in [1.807, 2.05) is 19.1 Å². The molecule has 0 aliphatic carbocycles. The van der Waals surface area contributed by atoms with E-state index in [1.165, 1.54) is 10.8 Å². The molecule has 1 atom stereocenters. The number of benzene rings is 2. The highest BCUT2D eigenvalue weighted by Crippen LogP contribution is 2.29. The molecule has 1 unspecified atom stereocenters. The summed E-state index contributed by atoms with van der Waals surface area (Å²) in [7, 11) is 0. The molecule has 1 nitrogen and oxygen atoms in total. The van der Waals surface area contributed by atoms with Crippen LogP contribution in [0, 0.1) is 11.3 Å². The van der Waals surface area contributed by atoms with Crippen molar-refractivity contribution in [2.75, 3.05) is 0 Å². The van der Waals surface area contributed by atoms with Crippen LogP contribution in [0.4, 0.5) is 0 Å². The maximum Gasteiger partial charge on any atom is 0.0792 e. The van der Waals surface area contributed by atoms with Crippen molar-refractivity contribution < 1.29 is 0 Å². The SMILES string of the molecule is CCC(C)(C#N)c1ccc2ccccc2c1. The Morgan fingerprint density at radius 1 is 1.12 bits per heavy atom. The lowest BCUT2D eigenvalue weighted by molar-refractivity contribution is 0.588. The molecule has 0 saturated heterocycles. The Kier molecular flexibility index (Phi) is 2.66. The van der Waals surface area contributed by atoms with Gasteiger partial charge in [-0.05, 0) is 35.7 Å². The molecule has 0 bridgehead atoms. The van der Waals surface area contributed by atoms with Crippen LogP contribution in [0.1, 0.15) is 25.8 Å². The Balaban J connectivity index is 2.60. The van der Waals surface area contributed by atoms with Crippen LogP contribution in [0.5, 0.6) is 0 Å². The number of rotatable bonds is 2. The summed E-state index contributed by atoms with van der Waals surface area (Å²) in [5, 5.41) is 11.7. The minimum absolute atomic E-state index is 0.371. The molecule has 0 radical (unpaired) electrons. The smallest absolute Gasteiger partial charge is 0.0792 e. The zero-order valence-electron chi connectivity index (χ0n) is 9.70. The molecule has 0 spiro atoms. The molecule has 0 aliphatic heterocycles. The zero-order chi connectivity index (χ0) is 11.6. The van der Waals surface area contributed by atoms with E-state index in [0.717, 1.165) is 12.0 Å². The van der Waals surface area contributed by atoms with Crippen molar-refractivity contribution in [1.82, 2.24) is 0 Å². The standard InChI is InChI=1S/C15H15N/c1-3-15(2,11-16)14-9-8-12-6-4-5-7-13(12)10-14/h4-10H,3H2,1-2H3. The van der Waals surface area contributed by atoms with Gasteiger partial charge < -0.3 is 0 Å². The lowest BCUT2D eigenvalue weighted by Gasteiger charge is -2.20. The van der Waals surface area contributed by atoms with E-state index in [2.05, 4.69) is 43.3 Å². The molecule has 0 heterocycles. The molecule has 2 aromatic carbocycles. The van der Waals surface area contributed by atoms with Crippen molar-refractivity contribution >= 4 is 10.8 Å². The lowest BCUT2D eigenvalue weighted by atomic mass is 9.81. The quantitative estimate of drug-likeness (QED) is 0.732. The van der Waals surface area contributed by atoms with Crippen LogP contribution in [0.3, 0.4) is 0 Å². The first kappa shape index (κ1) is 10.7. The fourth-order valence-electron chi connectivity index (χ4n) is 1.88. The molecule has 0 saturated carbocycles. The average molecular weight is 209 g/mol. The highest BCUT2D eigenvalue weighted by molar-refractivity contribution is 5.83. The maximum atomic E-state index is 9.26. The fraction of sp³-hybridized carbons (Fsp3) is 0.267. The Morgan fingerprint density at radius 3 is 2.44 bits per heavy atom. The number of fused-ring (bicyclic) bond motifs is 1. The summed E-state index contributed by atoms with van der Waals surface area (Å²) in [4.78, 5) is 0. The third kappa shape index (κ3) is 1.67. The average Bonchev–Trinajstić information content (AvgIpc) is 2.37. The summed E-state index contributed by atoms with van der Waals surface area (Å²) in [5.41, 5.74) is 0.737. The first-order valence-corrected chi connectivity index (χ1v) is 5.60. The predicted octanol–water partition coefficient (Wildman–Crippen LogP) is 4.03. The monoisotopic (exact) mass is 209 g/mol. The summed E-state index contributed by atoms with van der Waals surface area (Å²) < 4.78 is 0. The van der Waals surface area contributed by atoms with E-state index in [9.17, 15) is 5.26 Å². The maximum absolute atomic E-state index is 9.26. The van der Waals surface area contributed by atoms with Gasteiger partial charge in [-0.1, -0.05) is 43.3 Å². The van der Waals surface area contributed by atoms with Crippen LogP contribution in [-0.2, 0) is 5.41 Å². The van der Waals surface area contributed by atoms with E-state index in [4.69, 9.17) is 0 Å². The van der Waals surface area contributed by atoms with Gasteiger partial charge in [-0.15, -0.1) is 0 Å². The molecule has 2 rings (SSSR count). The van der Waals surface area contributed by atoms with Gasteiger partial charge in [0, 0.05) is 0 Å². The topological polar surface area (TPSA) is 23.8 Å².